The second kappa shape index (κ2) is 7.89. The summed E-state index contributed by atoms with van der Waals surface area (Å²) in [5, 5.41) is 20.7. The molecule has 0 radical (unpaired) electrons. The Labute approximate surface area is 160 Å². The Bertz CT molecular complexity index is 1060. The van der Waals surface area contributed by atoms with Gasteiger partial charge in [0.25, 0.3) is 0 Å². The van der Waals surface area contributed by atoms with Gasteiger partial charge in [0.2, 0.25) is 0 Å². The van der Waals surface area contributed by atoms with Crippen LogP contribution in [0.4, 0.5) is 0 Å². The number of hydrogen-bond donors (Lipinski definition) is 1. The zero-order valence-electron chi connectivity index (χ0n) is 14.4. The van der Waals surface area contributed by atoms with E-state index in [2.05, 4.69) is 43.2 Å². The molecule has 0 saturated carbocycles. The first kappa shape index (κ1) is 17.1. The van der Waals surface area contributed by atoms with Gasteiger partial charge in [-0.1, -0.05) is 42.5 Å². The number of aromatic amines is 1. The number of benzene rings is 2. The molecule has 0 amide bonds. The van der Waals surface area contributed by atoms with Crippen LogP contribution in [-0.4, -0.2) is 30.7 Å². The highest BCUT2D eigenvalue weighted by molar-refractivity contribution is 7.99. The zero-order chi connectivity index (χ0) is 18.5. The summed E-state index contributed by atoms with van der Waals surface area (Å²) >= 11 is 1.63. The average molecular weight is 372 g/mol. The van der Waals surface area contributed by atoms with Crippen molar-refractivity contribution in [2.45, 2.75) is 11.6 Å². The summed E-state index contributed by atoms with van der Waals surface area (Å²) in [6.07, 6.45) is 3.57. The van der Waals surface area contributed by atoms with Crippen LogP contribution in [0.15, 0.2) is 72.1 Å². The lowest BCUT2D eigenvalue weighted by Gasteiger charge is -2.11. The van der Waals surface area contributed by atoms with E-state index in [9.17, 15) is 5.26 Å². The van der Waals surface area contributed by atoms with Crippen molar-refractivity contribution in [1.82, 2.24) is 25.0 Å². The van der Waals surface area contributed by atoms with Crippen LogP contribution in [0.25, 0.3) is 22.5 Å². The van der Waals surface area contributed by atoms with Crippen molar-refractivity contribution in [3.63, 3.8) is 0 Å². The maximum absolute atomic E-state index is 9.27. The van der Waals surface area contributed by atoms with Gasteiger partial charge < -0.3 is 4.57 Å². The molecule has 0 atom stereocenters. The molecule has 6 nitrogen and oxygen atoms in total. The third kappa shape index (κ3) is 3.76. The molecular weight excluding hydrogens is 356 g/mol. The Morgan fingerprint density at radius 3 is 2.70 bits per heavy atom. The van der Waals surface area contributed by atoms with Crippen LogP contribution in [0.1, 0.15) is 5.56 Å². The first-order valence-electron chi connectivity index (χ1n) is 8.45. The monoisotopic (exact) mass is 372 g/mol. The number of nitrogens with zero attached hydrogens (tertiary/aromatic N) is 5. The minimum absolute atomic E-state index is 0.635. The number of rotatable bonds is 6. The van der Waals surface area contributed by atoms with E-state index in [1.165, 1.54) is 0 Å². The molecule has 0 unspecified atom stereocenters. The molecule has 2 heterocycles. The number of aryl methyl sites for hydroxylation is 1. The fourth-order valence-electron chi connectivity index (χ4n) is 2.91. The summed E-state index contributed by atoms with van der Waals surface area (Å²) in [5.41, 5.74) is 4.60. The maximum Gasteiger partial charge on any atom is 0.138 e. The van der Waals surface area contributed by atoms with Gasteiger partial charge in [-0.05, 0) is 12.1 Å². The molecule has 0 aliphatic rings. The molecule has 0 spiro atoms. The first-order chi connectivity index (χ1) is 13.3. The molecule has 4 rings (SSSR count). The molecule has 132 valence electrons. The quantitative estimate of drug-likeness (QED) is 0.517. The van der Waals surface area contributed by atoms with Crippen LogP contribution < -0.4 is 0 Å². The molecule has 7 heteroatoms. The van der Waals surface area contributed by atoms with Gasteiger partial charge in [0.15, 0.2) is 0 Å². The number of imidazole rings is 1. The Balaban J connectivity index is 1.70. The van der Waals surface area contributed by atoms with E-state index in [-0.39, 0.29) is 0 Å². The van der Waals surface area contributed by atoms with Crippen LogP contribution in [0.3, 0.4) is 0 Å². The lowest BCUT2D eigenvalue weighted by atomic mass is 10.0. The van der Waals surface area contributed by atoms with Crippen LogP contribution >= 0.6 is 11.8 Å². The number of thioether (sulfide) groups is 1. The lowest BCUT2D eigenvalue weighted by Crippen LogP contribution is -2.02. The van der Waals surface area contributed by atoms with Gasteiger partial charge in [-0.25, -0.2) is 4.98 Å². The molecule has 0 fully saturated rings. The molecule has 2 aromatic carbocycles. The fourth-order valence-corrected chi connectivity index (χ4v) is 3.64. The largest absolute Gasteiger partial charge is 0.329 e. The molecule has 4 aromatic rings. The summed E-state index contributed by atoms with van der Waals surface area (Å²) in [4.78, 5) is 4.67. The molecule has 0 aliphatic carbocycles. The Morgan fingerprint density at radius 1 is 1.07 bits per heavy atom. The van der Waals surface area contributed by atoms with E-state index in [1.807, 2.05) is 48.8 Å². The second-order valence-electron chi connectivity index (χ2n) is 5.85. The highest BCUT2D eigenvalue weighted by Crippen LogP contribution is 2.32. The van der Waals surface area contributed by atoms with Gasteiger partial charge in [0.05, 0.1) is 35.5 Å². The van der Waals surface area contributed by atoms with Crippen LogP contribution in [0, 0.1) is 11.3 Å². The topological polar surface area (TPSA) is 83.2 Å². The molecule has 2 aromatic heterocycles. The average Bonchev–Trinajstić information content (AvgIpc) is 3.39. The minimum atomic E-state index is 0.635. The van der Waals surface area contributed by atoms with Crippen LogP contribution in [0.2, 0.25) is 0 Å². The van der Waals surface area contributed by atoms with Gasteiger partial charge >= 0.3 is 0 Å². The summed E-state index contributed by atoms with van der Waals surface area (Å²) in [7, 11) is 0. The number of nitriles is 1. The fraction of sp³-hybridized carbons (Fsp3) is 0.100. The Hall–Kier alpha value is -3.37. The third-order valence-corrected chi connectivity index (χ3v) is 5.00. The van der Waals surface area contributed by atoms with Gasteiger partial charge in [0, 0.05) is 23.4 Å². The van der Waals surface area contributed by atoms with Gasteiger partial charge in [-0.3, -0.25) is 0 Å². The summed E-state index contributed by atoms with van der Waals surface area (Å²) in [5.74, 6) is 0.835. The van der Waals surface area contributed by atoms with Crippen molar-refractivity contribution in [3.8, 4) is 28.6 Å². The maximum atomic E-state index is 9.27. The van der Waals surface area contributed by atoms with E-state index < -0.39 is 0 Å². The molecule has 0 aliphatic heterocycles. The van der Waals surface area contributed by atoms with E-state index in [1.54, 1.807) is 18.0 Å². The molecular formula is C20H16N6S. The van der Waals surface area contributed by atoms with Gasteiger partial charge in [-0.2, -0.15) is 15.6 Å². The standard InChI is InChI=1S/C20H16N6S/c21-12-15-5-4-8-17(11-15)20-19(16-6-2-1-3-7-16)22-14-26(20)9-10-27-18-13-23-25-24-18/h1-8,11,13-14H,9-10H2,(H,23,24,25). The minimum Gasteiger partial charge on any atom is -0.329 e. The normalized spacial score (nSPS) is 10.6. The Morgan fingerprint density at radius 2 is 1.93 bits per heavy atom. The smallest absolute Gasteiger partial charge is 0.138 e. The van der Waals surface area contributed by atoms with E-state index >= 15 is 0 Å². The third-order valence-electron chi connectivity index (χ3n) is 4.13. The second-order valence-corrected chi connectivity index (χ2v) is 6.97. The van der Waals surface area contributed by atoms with E-state index in [4.69, 9.17) is 0 Å². The number of aromatic nitrogens is 5. The van der Waals surface area contributed by atoms with Crippen LogP contribution in [0.5, 0.6) is 0 Å². The predicted molar refractivity (Wildman–Crippen MR) is 105 cm³/mol. The number of nitrogens with one attached hydrogen (secondary N) is 1. The molecule has 0 saturated heterocycles. The zero-order valence-corrected chi connectivity index (χ0v) is 15.2. The molecule has 27 heavy (non-hydrogen) atoms. The van der Waals surface area contributed by atoms with E-state index in [0.29, 0.717) is 5.56 Å². The summed E-state index contributed by atoms with van der Waals surface area (Å²) < 4.78 is 2.13. The lowest BCUT2D eigenvalue weighted by molar-refractivity contribution is 0.777. The highest BCUT2D eigenvalue weighted by Gasteiger charge is 2.15. The van der Waals surface area contributed by atoms with Crippen molar-refractivity contribution in [2.24, 2.45) is 0 Å². The van der Waals surface area contributed by atoms with Crippen molar-refractivity contribution < 1.29 is 0 Å². The van der Waals surface area contributed by atoms with Crippen molar-refractivity contribution in [2.75, 3.05) is 5.75 Å². The van der Waals surface area contributed by atoms with Gasteiger partial charge in [0.1, 0.15) is 5.03 Å². The SMILES string of the molecule is N#Cc1cccc(-c2c(-c3ccccc3)ncn2CCSc2cn[nH]n2)c1. The highest BCUT2D eigenvalue weighted by atomic mass is 32.2. The van der Waals surface area contributed by atoms with Crippen molar-refractivity contribution >= 4 is 11.8 Å². The predicted octanol–water partition coefficient (Wildman–Crippen LogP) is 4.00. The summed E-state index contributed by atoms with van der Waals surface area (Å²) in [6.45, 7) is 0.767. The Kier molecular flexibility index (Phi) is 4.99. The number of H-pyrrole nitrogens is 1. The first-order valence-corrected chi connectivity index (χ1v) is 9.43. The van der Waals surface area contributed by atoms with Gasteiger partial charge in [-0.15, -0.1) is 16.9 Å². The van der Waals surface area contributed by atoms with Crippen LogP contribution in [-0.2, 0) is 6.54 Å². The molecule has 1 N–H and O–H groups in total. The summed E-state index contributed by atoms with van der Waals surface area (Å²) in [6, 6.07) is 20.0. The van der Waals surface area contributed by atoms with Crippen molar-refractivity contribution in [1.29, 1.82) is 5.26 Å². The molecule has 0 bridgehead atoms. The number of hydrogen-bond acceptors (Lipinski definition) is 5. The van der Waals surface area contributed by atoms with E-state index in [0.717, 1.165) is 39.8 Å². The van der Waals surface area contributed by atoms with Crippen molar-refractivity contribution in [3.05, 3.63) is 72.7 Å².